The van der Waals surface area contributed by atoms with Gasteiger partial charge in [0, 0.05) is 0 Å². The summed E-state index contributed by atoms with van der Waals surface area (Å²) in [7, 11) is 0. The number of Topliss-reactive ketones (excluding diaryl/α,β-unsaturated/α-hetero) is 1. The van der Waals surface area contributed by atoms with Gasteiger partial charge in [0.15, 0.2) is 5.78 Å². The zero-order valence-corrected chi connectivity index (χ0v) is 7.47. The average Bonchev–Trinajstić information content (AvgIpc) is 2.15. The number of ether oxygens (including phenoxy) is 1. The highest BCUT2D eigenvalue weighted by Crippen LogP contribution is 2.07. The molecule has 1 rings (SSSR count). The van der Waals surface area contributed by atoms with Gasteiger partial charge in [-0.05, 0) is 12.1 Å². The molecule has 0 fully saturated rings. The lowest BCUT2D eigenvalue weighted by molar-refractivity contribution is -0.140. The molecule has 0 saturated heterocycles. The highest BCUT2D eigenvalue weighted by Gasteiger charge is 2.07. The molecule has 4 nitrogen and oxygen atoms in total. The van der Waals surface area contributed by atoms with Crippen LogP contribution in [0.1, 0.15) is 6.42 Å². The Hall–Kier alpha value is -1.84. The molecule has 0 bridgehead atoms. The first-order chi connectivity index (χ1) is 6.68. The molecule has 0 spiro atoms. The lowest BCUT2D eigenvalue weighted by atomic mass is 10.3. The number of carboxylic acid groups (broad SMARTS) is 1. The SMILES string of the molecule is O=C(O)CC(=O)COc1ccccc1. The molecule has 0 heterocycles. The second kappa shape index (κ2) is 5.01. The maximum Gasteiger partial charge on any atom is 0.311 e. The van der Waals surface area contributed by atoms with Gasteiger partial charge in [-0.2, -0.15) is 0 Å². The van der Waals surface area contributed by atoms with Crippen LogP contribution in [0.3, 0.4) is 0 Å². The van der Waals surface area contributed by atoms with Gasteiger partial charge in [-0.15, -0.1) is 0 Å². The number of hydrogen-bond donors (Lipinski definition) is 1. The fourth-order valence-electron chi connectivity index (χ4n) is 0.900. The second-order valence-corrected chi connectivity index (χ2v) is 2.71. The number of ketones is 1. The summed E-state index contributed by atoms with van der Waals surface area (Å²) < 4.78 is 5.06. The van der Waals surface area contributed by atoms with E-state index in [4.69, 9.17) is 9.84 Å². The second-order valence-electron chi connectivity index (χ2n) is 2.71. The monoisotopic (exact) mass is 194 g/mol. The molecule has 0 unspecified atom stereocenters. The van der Waals surface area contributed by atoms with Crippen molar-refractivity contribution in [3.05, 3.63) is 30.3 Å². The zero-order chi connectivity index (χ0) is 10.4. The number of benzene rings is 1. The summed E-state index contributed by atoms with van der Waals surface area (Å²) >= 11 is 0. The molecule has 14 heavy (non-hydrogen) atoms. The van der Waals surface area contributed by atoms with Crippen LogP contribution < -0.4 is 4.74 Å². The van der Waals surface area contributed by atoms with E-state index in [-0.39, 0.29) is 6.61 Å². The van der Waals surface area contributed by atoms with Gasteiger partial charge in [-0.1, -0.05) is 18.2 Å². The van der Waals surface area contributed by atoms with Gasteiger partial charge in [-0.25, -0.2) is 0 Å². The van der Waals surface area contributed by atoms with E-state index >= 15 is 0 Å². The van der Waals surface area contributed by atoms with Crippen LogP contribution in [0.5, 0.6) is 5.75 Å². The molecule has 4 heteroatoms. The lowest BCUT2D eigenvalue weighted by Gasteiger charge is -2.03. The van der Waals surface area contributed by atoms with Crippen LogP contribution >= 0.6 is 0 Å². The van der Waals surface area contributed by atoms with Crippen LogP contribution in [0, 0.1) is 0 Å². The van der Waals surface area contributed by atoms with E-state index in [0.29, 0.717) is 5.75 Å². The van der Waals surface area contributed by atoms with Crippen LogP contribution in [0.25, 0.3) is 0 Å². The molecule has 74 valence electrons. The number of aliphatic carboxylic acids is 1. The van der Waals surface area contributed by atoms with Gasteiger partial charge in [0.25, 0.3) is 0 Å². The van der Waals surface area contributed by atoms with Crippen LogP contribution in [0.4, 0.5) is 0 Å². The zero-order valence-electron chi connectivity index (χ0n) is 7.47. The molecule has 0 radical (unpaired) electrons. The van der Waals surface area contributed by atoms with E-state index < -0.39 is 18.2 Å². The lowest BCUT2D eigenvalue weighted by Crippen LogP contribution is -2.15. The Bertz CT molecular complexity index is 318. The fourth-order valence-corrected chi connectivity index (χ4v) is 0.900. The van der Waals surface area contributed by atoms with E-state index in [0.717, 1.165) is 0 Å². The quantitative estimate of drug-likeness (QED) is 0.713. The Morgan fingerprint density at radius 3 is 2.43 bits per heavy atom. The maximum atomic E-state index is 10.9. The molecule has 0 amide bonds. The number of para-hydroxylation sites is 1. The molecular formula is C10H10O4. The first-order valence-electron chi connectivity index (χ1n) is 4.10. The molecular weight excluding hydrogens is 184 g/mol. The molecule has 0 atom stereocenters. The third-order valence-corrected chi connectivity index (χ3v) is 1.49. The summed E-state index contributed by atoms with van der Waals surface area (Å²) in [6.07, 6.45) is -0.493. The Morgan fingerprint density at radius 2 is 1.86 bits per heavy atom. The molecule has 0 aliphatic carbocycles. The Kier molecular flexibility index (Phi) is 3.67. The number of carbonyl (C=O) groups is 2. The maximum absolute atomic E-state index is 10.9. The normalized spacial score (nSPS) is 9.43. The Balaban J connectivity index is 2.34. The fraction of sp³-hybridized carbons (Fsp3) is 0.200. The Morgan fingerprint density at radius 1 is 1.21 bits per heavy atom. The summed E-state index contributed by atoms with van der Waals surface area (Å²) in [5.74, 6) is -1.01. The number of carboxylic acids is 1. The average molecular weight is 194 g/mol. The predicted molar refractivity (Wildman–Crippen MR) is 49.2 cm³/mol. The molecule has 0 aliphatic rings. The van der Waals surface area contributed by atoms with Crippen molar-refractivity contribution in [1.29, 1.82) is 0 Å². The van der Waals surface area contributed by atoms with E-state index in [1.54, 1.807) is 24.3 Å². The molecule has 1 aromatic rings. The van der Waals surface area contributed by atoms with Gasteiger partial charge in [-0.3, -0.25) is 9.59 Å². The predicted octanol–water partition coefficient (Wildman–Crippen LogP) is 1.11. The largest absolute Gasteiger partial charge is 0.486 e. The smallest absolute Gasteiger partial charge is 0.311 e. The summed E-state index contributed by atoms with van der Waals surface area (Å²) in [5, 5.41) is 8.30. The first-order valence-corrected chi connectivity index (χ1v) is 4.10. The van der Waals surface area contributed by atoms with E-state index in [2.05, 4.69) is 0 Å². The first kappa shape index (κ1) is 10.2. The number of rotatable bonds is 5. The highest BCUT2D eigenvalue weighted by atomic mass is 16.5. The van der Waals surface area contributed by atoms with Crippen molar-refractivity contribution in [3.8, 4) is 5.75 Å². The van der Waals surface area contributed by atoms with Gasteiger partial charge in [0.1, 0.15) is 18.8 Å². The van der Waals surface area contributed by atoms with Gasteiger partial charge in [0.05, 0.1) is 0 Å². The molecule has 0 saturated carbocycles. The van der Waals surface area contributed by atoms with Crippen molar-refractivity contribution in [2.45, 2.75) is 6.42 Å². The topological polar surface area (TPSA) is 63.6 Å². The summed E-state index contributed by atoms with van der Waals surface area (Å²) in [6, 6.07) is 8.78. The van der Waals surface area contributed by atoms with Crippen molar-refractivity contribution in [2.75, 3.05) is 6.61 Å². The summed E-state index contributed by atoms with van der Waals surface area (Å²) in [4.78, 5) is 21.1. The molecule has 0 aromatic heterocycles. The van der Waals surface area contributed by atoms with Crippen molar-refractivity contribution < 1.29 is 19.4 Å². The minimum atomic E-state index is -1.13. The van der Waals surface area contributed by atoms with Crippen LogP contribution in [-0.2, 0) is 9.59 Å². The van der Waals surface area contributed by atoms with Crippen molar-refractivity contribution >= 4 is 11.8 Å². The summed E-state index contributed by atoms with van der Waals surface area (Å²) in [6.45, 7) is -0.198. The third kappa shape index (κ3) is 3.71. The van der Waals surface area contributed by atoms with E-state index in [9.17, 15) is 9.59 Å². The Labute approximate surface area is 81.1 Å². The number of carbonyl (C=O) groups excluding carboxylic acids is 1. The molecule has 1 aromatic carbocycles. The molecule has 0 aliphatic heterocycles. The van der Waals surface area contributed by atoms with Gasteiger partial charge >= 0.3 is 5.97 Å². The van der Waals surface area contributed by atoms with E-state index in [1.165, 1.54) is 0 Å². The standard InChI is InChI=1S/C10H10O4/c11-8(6-10(12)13)7-14-9-4-2-1-3-5-9/h1-5H,6-7H2,(H,12,13). The van der Waals surface area contributed by atoms with E-state index in [1.807, 2.05) is 6.07 Å². The van der Waals surface area contributed by atoms with Crippen molar-refractivity contribution in [2.24, 2.45) is 0 Å². The van der Waals surface area contributed by atoms with Crippen molar-refractivity contribution in [3.63, 3.8) is 0 Å². The van der Waals surface area contributed by atoms with Gasteiger partial charge in [0.2, 0.25) is 0 Å². The third-order valence-electron chi connectivity index (χ3n) is 1.49. The minimum Gasteiger partial charge on any atom is -0.486 e. The van der Waals surface area contributed by atoms with Crippen LogP contribution in [0.15, 0.2) is 30.3 Å². The van der Waals surface area contributed by atoms with Crippen molar-refractivity contribution in [1.82, 2.24) is 0 Å². The number of hydrogen-bond acceptors (Lipinski definition) is 3. The van der Waals surface area contributed by atoms with Gasteiger partial charge < -0.3 is 9.84 Å². The molecule has 1 N–H and O–H groups in total. The minimum absolute atomic E-state index is 0.198. The van der Waals surface area contributed by atoms with Crippen LogP contribution in [-0.4, -0.2) is 23.5 Å². The van der Waals surface area contributed by atoms with Crippen LogP contribution in [0.2, 0.25) is 0 Å². The summed E-state index contributed by atoms with van der Waals surface area (Å²) in [5.41, 5.74) is 0. The highest BCUT2D eigenvalue weighted by molar-refractivity contribution is 5.95.